The number of rotatable bonds is 7. The highest BCUT2D eigenvalue weighted by Crippen LogP contribution is 2.39. The van der Waals surface area contributed by atoms with E-state index in [1.807, 2.05) is 34.9 Å². The zero-order valence-electron chi connectivity index (χ0n) is 18.8. The topological polar surface area (TPSA) is 69.3 Å². The van der Waals surface area contributed by atoms with Crippen LogP contribution in [0.1, 0.15) is 17.0 Å². The molecule has 172 valence electrons. The molecule has 0 amide bonds. The summed E-state index contributed by atoms with van der Waals surface area (Å²) in [6.45, 7) is 0.417. The summed E-state index contributed by atoms with van der Waals surface area (Å²) in [6.07, 6.45) is 1.74. The van der Waals surface area contributed by atoms with Crippen LogP contribution in [0, 0.1) is 11.3 Å². The van der Waals surface area contributed by atoms with E-state index in [1.165, 1.54) is 0 Å². The van der Waals surface area contributed by atoms with Crippen LogP contribution in [0.5, 0.6) is 17.2 Å². The van der Waals surface area contributed by atoms with Gasteiger partial charge in [0.1, 0.15) is 6.07 Å². The Morgan fingerprint density at radius 3 is 2.32 bits per heavy atom. The van der Waals surface area contributed by atoms with E-state index in [0.29, 0.717) is 50.8 Å². The van der Waals surface area contributed by atoms with Crippen LogP contribution in [-0.2, 0) is 6.54 Å². The number of allylic oxidation sites excluding steroid dienone is 1. The third kappa shape index (κ3) is 4.54. The van der Waals surface area contributed by atoms with Crippen LogP contribution in [0.3, 0.4) is 0 Å². The van der Waals surface area contributed by atoms with E-state index in [1.54, 1.807) is 51.7 Å². The number of ether oxygens (including phenoxy) is 3. The van der Waals surface area contributed by atoms with Gasteiger partial charge in [-0.1, -0.05) is 41.4 Å². The molecule has 0 aliphatic rings. The Bertz CT molecular complexity index is 1410. The monoisotopic (exact) mass is 493 g/mol. The Balaban J connectivity index is 1.88. The Kier molecular flexibility index (Phi) is 6.97. The summed E-state index contributed by atoms with van der Waals surface area (Å²) in [6, 6.07) is 18.9. The van der Waals surface area contributed by atoms with E-state index < -0.39 is 0 Å². The Morgan fingerprint density at radius 1 is 1.00 bits per heavy atom. The second kappa shape index (κ2) is 10.1. The molecule has 0 saturated carbocycles. The molecule has 0 N–H and O–H groups in total. The number of nitriles is 1. The average molecular weight is 494 g/mol. The number of aromatic nitrogens is 2. The molecular formula is C26H21Cl2N3O3. The van der Waals surface area contributed by atoms with E-state index in [4.69, 9.17) is 42.4 Å². The van der Waals surface area contributed by atoms with Gasteiger partial charge in [-0.05, 0) is 53.6 Å². The van der Waals surface area contributed by atoms with Crippen molar-refractivity contribution in [2.24, 2.45) is 0 Å². The first-order chi connectivity index (χ1) is 16.5. The van der Waals surface area contributed by atoms with Crippen LogP contribution in [0.4, 0.5) is 0 Å². The van der Waals surface area contributed by atoms with Crippen molar-refractivity contribution < 1.29 is 14.2 Å². The van der Waals surface area contributed by atoms with Crippen molar-refractivity contribution in [1.82, 2.24) is 9.55 Å². The highest BCUT2D eigenvalue weighted by molar-refractivity contribution is 6.35. The number of nitrogens with zero attached hydrogens (tertiary/aromatic N) is 3. The number of hydrogen-bond acceptors (Lipinski definition) is 5. The Hall–Kier alpha value is -3.66. The van der Waals surface area contributed by atoms with Crippen molar-refractivity contribution >= 4 is 45.9 Å². The molecule has 0 fully saturated rings. The van der Waals surface area contributed by atoms with Crippen molar-refractivity contribution in [3.05, 3.63) is 81.6 Å². The maximum atomic E-state index is 10.1. The first-order valence-corrected chi connectivity index (χ1v) is 11.1. The predicted octanol–water partition coefficient (Wildman–Crippen LogP) is 6.48. The number of hydrogen-bond donors (Lipinski definition) is 0. The van der Waals surface area contributed by atoms with Crippen molar-refractivity contribution in [2.75, 3.05) is 21.3 Å². The maximum absolute atomic E-state index is 10.1. The van der Waals surface area contributed by atoms with E-state index in [2.05, 4.69) is 6.07 Å². The molecular weight excluding hydrogens is 473 g/mol. The van der Waals surface area contributed by atoms with Gasteiger partial charge < -0.3 is 18.8 Å². The molecule has 0 aliphatic heterocycles. The lowest BCUT2D eigenvalue weighted by Gasteiger charge is -2.13. The lowest BCUT2D eigenvalue weighted by atomic mass is 10.1. The van der Waals surface area contributed by atoms with Crippen molar-refractivity contribution in [1.29, 1.82) is 5.26 Å². The number of fused-ring (bicyclic) bond motifs is 1. The van der Waals surface area contributed by atoms with Gasteiger partial charge in [0, 0.05) is 10.0 Å². The molecule has 1 aromatic heterocycles. The van der Waals surface area contributed by atoms with Gasteiger partial charge in [0.2, 0.25) is 5.75 Å². The zero-order valence-corrected chi connectivity index (χ0v) is 20.3. The smallest absolute Gasteiger partial charge is 0.203 e. The average Bonchev–Trinajstić information content (AvgIpc) is 3.21. The molecule has 0 saturated heterocycles. The van der Waals surface area contributed by atoms with E-state index in [9.17, 15) is 5.26 Å². The minimum Gasteiger partial charge on any atom is -0.493 e. The SMILES string of the molecule is COc1cc(/C=C(\C#N)c2nc3ccccc3n2Cc2ccc(Cl)cc2Cl)cc(OC)c1OC. The Labute approximate surface area is 207 Å². The third-order valence-electron chi connectivity index (χ3n) is 5.36. The molecule has 0 radical (unpaired) electrons. The van der Waals surface area contributed by atoms with Crippen LogP contribution < -0.4 is 14.2 Å². The van der Waals surface area contributed by atoms with Gasteiger partial charge in [0.15, 0.2) is 17.3 Å². The van der Waals surface area contributed by atoms with Gasteiger partial charge in [0.25, 0.3) is 0 Å². The Morgan fingerprint density at radius 2 is 1.71 bits per heavy atom. The van der Waals surface area contributed by atoms with Crippen LogP contribution in [0.25, 0.3) is 22.7 Å². The van der Waals surface area contributed by atoms with E-state index >= 15 is 0 Å². The predicted molar refractivity (Wildman–Crippen MR) is 135 cm³/mol. The minimum atomic E-state index is 0.371. The van der Waals surface area contributed by atoms with Crippen LogP contribution in [-0.4, -0.2) is 30.9 Å². The van der Waals surface area contributed by atoms with Gasteiger partial charge in [-0.3, -0.25) is 0 Å². The number of benzene rings is 3. The molecule has 8 heteroatoms. The molecule has 0 unspecified atom stereocenters. The lowest BCUT2D eigenvalue weighted by molar-refractivity contribution is 0.324. The summed E-state index contributed by atoms with van der Waals surface area (Å²) in [5, 5.41) is 11.2. The standard InChI is InChI=1S/C26H21Cl2N3O3/c1-32-23-11-16(12-24(33-2)25(23)34-3)10-18(14-29)26-30-21-6-4-5-7-22(21)31(26)15-17-8-9-19(27)13-20(17)28/h4-13H,15H2,1-3H3/b18-10+. The number of para-hydroxylation sites is 2. The zero-order chi connectivity index (χ0) is 24.2. The normalized spacial score (nSPS) is 11.4. The third-order valence-corrected chi connectivity index (χ3v) is 5.94. The van der Waals surface area contributed by atoms with E-state index in [-0.39, 0.29) is 0 Å². The molecule has 0 spiro atoms. The van der Waals surface area contributed by atoms with Crippen LogP contribution >= 0.6 is 23.2 Å². The van der Waals surface area contributed by atoms with Crippen molar-refractivity contribution in [2.45, 2.75) is 6.54 Å². The fourth-order valence-corrected chi connectivity index (χ4v) is 4.23. The molecule has 0 bridgehead atoms. The fourth-order valence-electron chi connectivity index (χ4n) is 3.76. The summed E-state index contributed by atoms with van der Waals surface area (Å²) in [5.41, 5.74) is 3.59. The van der Waals surface area contributed by atoms with Crippen LogP contribution in [0.2, 0.25) is 10.0 Å². The summed E-state index contributed by atoms with van der Waals surface area (Å²) in [5.74, 6) is 1.98. The fraction of sp³-hybridized carbons (Fsp3) is 0.154. The molecule has 3 aromatic carbocycles. The second-order valence-corrected chi connectivity index (χ2v) is 8.22. The van der Waals surface area contributed by atoms with Crippen molar-refractivity contribution in [3.63, 3.8) is 0 Å². The summed E-state index contributed by atoms with van der Waals surface area (Å²) in [4.78, 5) is 4.76. The molecule has 0 atom stereocenters. The first-order valence-electron chi connectivity index (χ1n) is 10.3. The molecule has 4 aromatic rings. The van der Waals surface area contributed by atoms with Gasteiger partial charge >= 0.3 is 0 Å². The number of halogens is 2. The van der Waals surface area contributed by atoms with E-state index in [0.717, 1.165) is 16.6 Å². The highest BCUT2D eigenvalue weighted by atomic mass is 35.5. The van der Waals surface area contributed by atoms with Gasteiger partial charge in [-0.25, -0.2) is 4.98 Å². The maximum Gasteiger partial charge on any atom is 0.203 e. The molecule has 34 heavy (non-hydrogen) atoms. The van der Waals surface area contributed by atoms with Crippen molar-refractivity contribution in [3.8, 4) is 23.3 Å². The molecule has 1 heterocycles. The van der Waals surface area contributed by atoms with Crippen LogP contribution in [0.15, 0.2) is 54.6 Å². The molecule has 4 rings (SSSR count). The quantitative estimate of drug-likeness (QED) is 0.275. The van der Waals surface area contributed by atoms with Gasteiger partial charge in [-0.2, -0.15) is 5.26 Å². The van der Waals surface area contributed by atoms with Gasteiger partial charge in [0.05, 0.1) is 44.5 Å². The number of methoxy groups -OCH3 is 3. The molecule has 0 aliphatic carbocycles. The van der Waals surface area contributed by atoms with Gasteiger partial charge in [-0.15, -0.1) is 0 Å². The first kappa shape index (κ1) is 23.5. The summed E-state index contributed by atoms with van der Waals surface area (Å²) in [7, 11) is 4.64. The largest absolute Gasteiger partial charge is 0.493 e. The second-order valence-electron chi connectivity index (χ2n) is 7.37. The number of imidazole rings is 1. The summed E-state index contributed by atoms with van der Waals surface area (Å²) < 4.78 is 18.3. The highest BCUT2D eigenvalue weighted by Gasteiger charge is 2.18. The molecule has 6 nitrogen and oxygen atoms in total. The minimum absolute atomic E-state index is 0.371. The lowest BCUT2D eigenvalue weighted by Crippen LogP contribution is -2.05. The summed E-state index contributed by atoms with van der Waals surface area (Å²) >= 11 is 12.5.